The van der Waals surface area contributed by atoms with Crippen LogP contribution in [0.2, 0.25) is 0 Å². The molecule has 9 nitrogen and oxygen atoms in total. The van der Waals surface area contributed by atoms with E-state index in [0.717, 1.165) is 85.6 Å². The van der Waals surface area contributed by atoms with Crippen molar-refractivity contribution in [2.75, 3.05) is 38.7 Å². The van der Waals surface area contributed by atoms with Gasteiger partial charge in [-0.25, -0.2) is 19.5 Å². The number of fused-ring (bicyclic) bond motifs is 2. The molecule has 2 saturated heterocycles. The minimum atomic E-state index is 0.406. The summed E-state index contributed by atoms with van der Waals surface area (Å²) >= 11 is 0. The zero-order chi connectivity index (χ0) is 22.4. The highest BCUT2D eigenvalue weighted by atomic mass is 16.5. The van der Waals surface area contributed by atoms with Gasteiger partial charge in [-0.1, -0.05) is 0 Å². The molecule has 0 unspecified atom stereocenters. The van der Waals surface area contributed by atoms with E-state index < -0.39 is 0 Å². The highest BCUT2D eigenvalue weighted by molar-refractivity contribution is 5.85. The Bertz CT molecular complexity index is 1280. The third-order valence-corrected chi connectivity index (χ3v) is 7.06. The van der Waals surface area contributed by atoms with E-state index in [0.29, 0.717) is 18.0 Å². The number of nitrogens with one attached hydrogen (secondary N) is 1. The fourth-order valence-electron chi connectivity index (χ4n) is 5.19. The van der Waals surface area contributed by atoms with Gasteiger partial charge in [-0.15, -0.1) is 5.10 Å². The van der Waals surface area contributed by atoms with Gasteiger partial charge in [-0.2, -0.15) is 0 Å². The number of pyridine rings is 1. The molecule has 0 bridgehead atoms. The molecule has 6 rings (SSSR count). The summed E-state index contributed by atoms with van der Waals surface area (Å²) in [4.78, 5) is 16.4. The number of hydrogen-bond donors (Lipinski definition) is 1. The summed E-state index contributed by atoms with van der Waals surface area (Å²) in [5, 5.41) is 8.23. The minimum absolute atomic E-state index is 0.406. The van der Waals surface area contributed by atoms with Crippen LogP contribution in [0.15, 0.2) is 30.7 Å². The van der Waals surface area contributed by atoms with E-state index in [9.17, 15) is 0 Å². The first-order valence-electron chi connectivity index (χ1n) is 11.9. The standard InChI is InChI=1S/C24H30N8O/c1-16-27-23-21(32(16)19-6-11-33-12-7-19)13-17(14-25-23)20-5-10-31-22(20)15-26-24(29-31)28-18-3-8-30(2)9-4-18/h5,10,13-15,18-19H,3-4,6-9,11-12H2,1-2H3,(H,28,29). The Morgan fingerprint density at radius 1 is 1.03 bits per heavy atom. The van der Waals surface area contributed by atoms with Crippen molar-refractivity contribution in [1.82, 2.24) is 34.0 Å². The summed E-state index contributed by atoms with van der Waals surface area (Å²) in [5.41, 5.74) is 4.98. The van der Waals surface area contributed by atoms with Gasteiger partial charge >= 0.3 is 0 Å². The summed E-state index contributed by atoms with van der Waals surface area (Å²) in [7, 11) is 2.17. The molecule has 4 aromatic rings. The molecule has 1 N–H and O–H groups in total. The Morgan fingerprint density at radius 2 is 1.85 bits per heavy atom. The summed E-state index contributed by atoms with van der Waals surface area (Å²) in [6, 6.07) is 5.13. The van der Waals surface area contributed by atoms with Crippen molar-refractivity contribution in [3.63, 3.8) is 0 Å². The van der Waals surface area contributed by atoms with E-state index >= 15 is 0 Å². The molecule has 2 aliphatic rings. The van der Waals surface area contributed by atoms with Crippen molar-refractivity contribution in [2.45, 2.75) is 44.7 Å². The van der Waals surface area contributed by atoms with Gasteiger partial charge in [-0.05, 0) is 64.9 Å². The van der Waals surface area contributed by atoms with Gasteiger partial charge in [-0.3, -0.25) is 0 Å². The van der Waals surface area contributed by atoms with E-state index in [1.54, 1.807) is 0 Å². The summed E-state index contributed by atoms with van der Waals surface area (Å²) in [6.45, 7) is 5.87. The first kappa shape index (κ1) is 20.6. The van der Waals surface area contributed by atoms with Gasteiger partial charge in [0.2, 0.25) is 5.95 Å². The Hall–Kier alpha value is -3.04. The average Bonchev–Trinajstić information content (AvgIpc) is 3.40. The lowest BCUT2D eigenvalue weighted by Gasteiger charge is -2.29. The Labute approximate surface area is 192 Å². The molecule has 9 heteroatoms. The van der Waals surface area contributed by atoms with Crippen molar-refractivity contribution in [3.8, 4) is 11.1 Å². The van der Waals surface area contributed by atoms with Gasteiger partial charge in [0, 0.05) is 48.8 Å². The van der Waals surface area contributed by atoms with E-state index in [4.69, 9.17) is 19.8 Å². The third kappa shape index (κ3) is 3.85. The third-order valence-electron chi connectivity index (χ3n) is 7.06. The second-order valence-corrected chi connectivity index (χ2v) is 9.30. The summed E-state index contributed by atoms with van der Waals surface area (Å²) in [5.74, 6) is 1.69. The van der Waals surface area contributed by atoms with E-state index in [-0.39, 0.29) is 0 Å². The lowest BCUT2D eigenvalue weighted by atomic mass is 10.1. The molecule has 0 aromatic carbocycles. The van der Waals surface area contributed by atoms with E-state index in [1.165, 1.54) is 0 Å². The molecule has 172 valence electrons. The zero-order valence-corrected chi connectivity index (χ0v) is 19.2. The van der Waals surface area contributed by atoms with Crippen LogP contribution >= 0.6 is 0 Å². The molecule has 0 spiro atoms. The highest BCUT2D eigenvalue weighted by Crippen LogP contribution is 2.31. The lowest BCUT2D eigenvalue weighted by Crippen LogP contribution is -2.37. The first-order chi connectivity index (χ1) is 16.2. The van der Waals surface area contributed by atoms with Gasteiger partial charge < -0.3 is 19.5 Å². The Morgan fingerprint density at radius 3 is 2.67 bits per heavy atom. The van der Waals surface area contributed by atoms with Crippen molar-refractivity contribution in [2.24, 2.45) is 0 Å². The zero-order valence-electron chi connectivity index (χ0n) is 19.2. The van der Waals surface area contributed by atoms with Crippen LogP contribution in [0.25, 0.3) is 27.8 Å². The smallest absolute Gasteiger partial charge is 0.241 e. The second kappa shape index (κ2) is 8.39. The SMILES string of the molecule is Cc1nc2ncc(-c3ccn4nc(NC5CCN(C)CC5)ncc34)cc2n1C1CCOCC1. The number of aryl methyl sites for hydroxylation is 1. The normalized spacial score (nSPS) is 19.0. The number of hydrogen-bond acceptors (Lipinski definition) is 7. The maximum atomic E-state index is 5.57. The van der Waals surface area contributed by atoms with Gasteiger partial charge in [0.15, 0.2) is 5.65 Å². The maximum Gasteiger partial charge on any atom is 0.241 e. The second-order valence-electron chi connectivity index (χ2n) is 9.30. The number of piperidine rings is 1. The van der Waals surface area contributed by atoms with Crippen molar-refractivity contribution >= 4 is 22.6 Å². The molecule has 0 radical (unpaired) electrons. The molecule has 2 fully saturated rings. The van der Waals surface area contributed by atoms with Crippen LogP contribution in [0.1, 0.15) is 37.5 Å². The van der Waals surface area contributed by atoms with Crippen LogP contribution in [0, 0.1) is 6.92 Å². The number of aromatic nitrogens is 6. The number of imidazole rings is 1. The van der Waals surface area contributed by atoms with Crippen molar-refractivity contribution < 1.29 is 4.74 Å². The van der Waals surface area contributed by atoms with Crippen LogP contribution in [-0.4, -0.2) is 73.4 Å². The molecule has 4 aromatic heterocycles. The molecule has 0 aliphatic carbocycles. The lowest BCUT2D eigenvalue weighted by molar-refractivity contribution is 0.0701. The fraction of sp³-hybridized carbons (Fsp3) is 0.500. The monoisotopic (exact) mass is 446 g/mol. The predicted molar refractivity (Wildman–Crippen MR) is 127 cm³/mol. The molecular weight excluding hydrogens is 416 g/mol. The van der Waals surface area contributed by atoms with Gasteiger partial charge in [0.05, 0.1) is 17.2 Å². The minimum Gasteiger partial charge on any atom is -0.381 e. The van der Waals surface area contributed by atoms with E-state index in [2.05, 4.69) is 45.9 Å². The Balaban J connectivity index is 1.31. The Kier molecular flexibility index (Phi) is 5.22. The van der Waals surface area contributed by atoms with Crippen molar-refractivity contribution in [1.29, 1.82) is 0 Å². The number of anilines is 1. The summed E-state index contributed by atoms with van der Waals surface area (Å²) < 4.78 is 9.82. The topological polar surface area (TPSA) is 85.4 Å². The average molecular weight is 447 g/mol. The molecule has 0 amide bonds. The molecule has 33 heavy (non-hydrogen) atoms. The van der Waals surface area contributed by atoms with Gasteiger partial charge in [0.1, 0.15) is 5.82 Å². The predicted octanol–water partition coefficient (Wildman–Crippen LogP) is 3.31. The molecule has 0 atom stereocenters. The fourth-order valence-corrected chi connectivity index (χ4v) is 5.19. The molecule has 6 heterocycles. The quantitative estimate of drug-likeness (QED) is 0.515. The largest absolute Gasteiger partial charge is 0.381 e. The first-order valence-corrected chi connectivity index (χ1v) is 11.9. The molecular formula is C24H30N8O. The number of rotatable bonds is 4. The highest BCUT2D eigenvalue weighted by Gasteiger charge is 2.22. The van der Waals surface area contributed by atoms with Crippen LogP contribution < -0.4 is 5.32 Å². The van der Waals surface area contributed by atoms with Crippen LogP contribution in [0.5, 0.6) is 0 Å². The number of ether oxygens (including phenoxy) is 1. The van der Waals surface area contributed by atoms with Gasteiger partial charge in [0.25, 0.3) is 0 Å². The maximum absolute atomic E-state index is 5.57. The number of nitrogens with zero attached hydrogens (tertiary/aromatic N) is 7. The number of likely N-dealkylation sites (tertiary alicyclic amines) is 1. The van der Waals surface area contributed by atoms with Crippen molar-refractivity contribution in [3.05, 3.63) is 36.5 Å². The van der Waals surface area contributed by atoms with Crippen LogP contribution in [0.3, 0.4) is 0 Å². The van der Waals surface area contributed by atoms with Crippen LogP contribution in [0.4, 0.5) is 5.95 Å². The molecule has 2 aliphatic heterocycles. The molecule has 0 saturated carbocycles. The summed E-state index contributed by atoms with van der Waals surface area (Å²) in [6.07, 6.45) is 10.0. The van der Waals surface area contributed by atoms with Crippen LogP contribution in [-0.2, 0) is 4.74 Å². The van der Waals surface area contributed by atoms with E-state index in [1.807, 2.05) is 23.1 Å².